The van der Waals surface area contributed by atoms with Crippen LogP contribution in [0, 0.1) is 6.92 Å². The second-order valence-electron chi connectivity index (χ2n) is 6.50. The van der Waals surface area contributed by atoms with Crippen LogP contribution in [0.25, 0.3) is 0 Å². The molecule has 2 N–H and O–H groups in total. The van der Waals surface area contributed by atoms with E-state index in [9.17, 15) is 23.1 Å². The van der Waals surface area contributed by atoms with Gasteiger partial charge in [0.25, 0.3) is 0 Å². The fraction of sp³-hybridized carbons (Fsp3) is 0.474. The Kier molecular flexibility index (Phi) is 9.60. The summed E-state index contributed by atoms with van der Waals surface area (Å²) in [4.78, 5) is 14.4. The zero-order valence-electron chi connectivity index (χ0n) is 16.7. The van der Waals surface area contributed by atoms with Gasteiger partial charge in [0.1, 0.15) is 23.3 Å². The topological polar surface area (TPSA) is 93.8 Å². The van der Waals surface area contributed by atoms with Crippen LogP contribution >= 0.6 is 12.4 Å². The van der Waals surface area contributed by atoms with E-state index in [1.165, 1.54) is 14.0 Å². The largest absolute Gasteiger partial charge is 0.482 e. The molecule has 2 atom stereocenters. The molecule has 1 aromatic carbocycles. The van der Waals surface area contributed by atoms with E-state index in [1.807, 2.05) is 19.1 Å². The molecule has 30 heavy (non-hydrogen) atoms. The predicted octanol–water partition coefficient (Wildman–Crippen LogP) is 3.23. The maximum Gasteiger partial charge on any atom is 0.468 e. The molecule has 0 aliphatic carbocycles. The lowest BCUT2D eigenvalue weighted by molar-refractivity contribution is -0.157. The number of hydrogen-bond acceptors (Lipinski definition) is 7. The number of carbonyl (C=O) groups excluding carboxylic acids is 1. The van der Waals surface area contributed by atoms with Crippen LogP contribution in [0.2, 0.25) is 0 Å². The highest BCUT2D eigenvalue weighted by Crippen LogP contribution is 2.31. The first kappa shape index (κ1) is 25.7. The molecule has 0 bridgehead atoms. The standard InChI is InChI=1S/C19H23F3N2O5.ClH/c1-11(8-13-4-6-14(7-5-13)28-10-16(26)27-3)23-9-15(25)17-12(2)29-18(24-17)19(20,21)22;/h4-7,11,15,23,25H,8-10H2,1-3H3;1H. The lowest BCUT2D eigenvalue weighted by Gasteiger charge is -2.16. The van der Waals surface area contributed by atoms with Gasteiger partial charge in [-0.2, -0.15) is 13.2 Å². The molecule has 0 radical (unpaired) electrons. The van der Waals surface area contributed by atoms with Gasteiger partial charge in [-0.3, -0.25) is 0 Å². The number of alkyl halides is 3. The number of nitrogens with zero attached hydrogens (tertiary/aromatic N) is 1. The van der Waals surface area contributed by atoms with Gasteiger partial charge in [-0.25, -0.2) is 9.78 Å². The molecule has 2 rings (SSSR count). The number of carbonyl (C=O) groups is 1. The van der Waals surface area contributed by atoms with Crippen LogP contribution in [0.1, 0.15) is 35.9 Å². The highest BCUT2D eigenvalue weighted by atomic mass is 35.5. The summed E-state index contributed by atoms with van der Waals surface area (Å²) >= 11 is 0. The van der Waals surface area contributed by atoms with Gasteiger partial charge in [-0.15, -0.1) is 12.4 Å². The second-order valence-corrected chi connectivity index (χ2v) is 6.50. The van der Waals surface area contributed by atoms with Crippen LogP contribution in [0.4, 0.5) is 13.2 Å². The van der Waals surface area contributed by atoms with Gasteiger partial charge in [0.15, 0.2) is 6.61 Å². The zero-order valence-corrected chi connectivity index (χ0v) is 17.5. The third-order valence-electron chi connectivity index (χ3n) is 4.10. The Hall–Kier alpha value is -2.30. The average Bonchev–Trinajstić information content (AvgIpc) is 3.07. The third kappa shape index (κ3) is 7.51. The molecule has 0 aliphatic heterocycles. The molecule has 0 spiro atoms. The van der Waals surface area contributed by atoms with Crippen molar-refractivity contribution in [1.82, 2.24) is 10.3 Å². The molecule has 0 saturated heterocycles. The minimum Gasteiger partial charge on any atom is -0.482 e. The van der Waals surface area contributed by atoms with E-state index in [2.05, 4.69) is 19.5 Å². The van der Waals surface area contributed by atoms with Gasteiger partial charge in [-0.05, 0) is 38.0 Å². The van der Waals surface area contributed by atoms with E-state index in [-0.39, 0.29) is 43.1 Å². The number of oxazole rings is 1. The highest BCUT2D eigenvalue weighted by Gasteiger charge is 2.38. The van der Waals surface area contributed by atoms with E-state index in [0.717, 1.165) is 5.56 Å². The fourth-order valence-electron chi connectivity index (χ4n) is 2.60. The Morgan fingerprint density at radius 1 is 1.30 bits per heavy atom. The number of esters is 1. The molecule has 0 fully saturated rings. The summed E-state index contributed by atoms with van der Waals surface area (Å²) < 4.78 is 52.3. The SMILES string of the molecule is COC(=O)COc1ccc(CC(C)NCC(O)c2nc(C(F)(F)F)oc2C)cc1.Cl. The van der Waals surface area contributed by atoms with Crippen molar-refractivity contribution < 1.29 is 37.0 Å². The Balaban J connectivity index is 0.00000450. The van der Waals surface area contributed by atoms with Crippen molar-refractivity contribution in [2.24, 2.45) is 0 Å². The van der Waals surface area contributed by atoms with Crippen molar-refractivity contribution in [2.75, 3.05) is 20.3 Å². The van der Waals surface area contributed by atoms with Crippen LogP contribution in [0.3, 0.4) is 0 Å². The minimum absolute atomic E-state index is 0. The molecule has 0 saturated carbocycles. The number of aryl methyl sites for hydroxylation is 1. The predicted molar refractivity (Wildman–Crippen MR) is 104 cm³/mol. The van der Waals surface area contributed by atoms with Crippen molar-refractivity contribution in [3.05, 3.63) is 47.2 Å². The Morgan fingerprint density at radius 2 is 1.93 bits per heavy atom. The van der Waals surface area contributed by atoms with Gasteiger partial charge >= 0.3 is 18.0 Å². The van der Waals surface area contributed by atoms with Crippen LogP contribution in [-0.2, 0) is 22.1 Å². The van der Waals surface area contributed by atoms with Crippen LogP contribution in [0.15, 0.2) is 28.7 Å². The molecule has 1 aromatic heterocycles. The zero-order chi connectivity index (χ0) is 21.6. The number of methoxy groups -OCH3 is 1. The lowest BCUT2D eigenvalue weighted by Crippen LogP contribution is -2.32. The van der Waals surface area contributed by atoms with Gasteiger partial charge < -0.3 is 24.3 Å². The number of aromatic nitrogens is 1. The van der Waals surface area contributed by atoms with Gasteiger partial charge in [0.2, 0.25) is 0 Å². The monoisotopic (exact) mass is 452 g/mol. The van der Waals surface area contributed by atoms with Crippen LogP contribution < -0.4 is 10.1 Å². The summed E-state index contributed by atoms with van der Waals surface area (Å²) in [5.74, 6) is -1.39. The number of ether oxygens (including phenoxy) is 2. The second kappa shape index (κ2) is 11.2. The summed E-state index contributed by atoms with van der Waals surface area (Å²) in [6.07, 6.45) is -5.32. The molecule has 11 heteroatoms. The number of nitrogens with one attached hydrogen (secondary N) is 1. The number of aliphatic hydroxyl groups excluding tert-OH is 1. The van der Waals surface area contributed by atoms with E-state index in [1.54, 1.807) is 12.1 Å². The third-order valence-corrected chi connectivity index (χ3v) is 4.10. The normalized spacial score (nSPS) is 13.3. The van der Waals surface area contributed by atoms with E-state index in [4.69, 9.17) is 4.74 Å². The Bertz CT molecular complexity index is 811. The smallest absolute Gasteiger partial charge is 0.468 e. The van der Waals surface area contributed by atoms with Gasteiger partial charge in [0, 0.05) is 12.6 Å². The van der Waals surface area contributed by atoms with Gasteiger partial charge in [0.05, 0.1) is 7.11 Å². The molecular formula is C19H24ClF3N2O5. The summed E-state index contributed by atoms with van der Waals surface area (Å²) in [7, 11) is 1.28. The fourth-order valence-corrected chi connectivity index (χ4v) is 2.60. The molecule has 2 unspecified atom stereocenters. The molecular weight excluding hydrogens is 429 g/mol. The lowest BCUT2D eigenvalue weighted by atomic mass is 10.1. The molecule has 168 valence electrons. The Labute approximate surface area is 178 Å². The summed E-state index contributed by atoms with van der Waals surface area (Å²) in [5.41, 5.74) is 0.839. The van der Waals surface area contributed by atoms with E-state index < -0.39 is 24.1 Å². The van der Waals surface area contributed by atoms with Crippen molar-refractivity contribution in [3.63, 3.8) is 0 Å². The van der Waals surface area contributed by atoms with Crippen molar-refractivity contribution >= 4 is 18.4 Å². The molecule has 0 amide bonds. The van der Waals surface area contributed by atoms with Crippen molar-refractivity contribution in [1.29, 1.82) is 0 Å². The van der Waals surface area contributed by atoms with Crippen molar-refractivity contribution in [3.8, 4) is 5.75 Å². The van der Waals surface area contributed by atoms with Crippen LogP contribution in [-0.4, -0.2) is 42.4 Å². The maximum absolute atomic E-state index is 12.7. The summed E-state index contributed by atoms with van der Waals surface area (Å²) in [5, 5.41) is 13.2. The maximum atomic E-state index is 12.7. The molecule has 0 aliphatic rings. The number of aliphatic hydroxyl groups is 1. The first-order valence-corrected chi connectivity index (χ1v) is 8.84. The summed E-state index contributed by atoms with van der Waals surface area (Å²) in [6.45, 7) is 3.05. The first-order chi connectivity index (χ1) is 13.6. The number of benzene rings is 1. The summed E-state index contributed by atoms with van der Waals surface area (Å²) in [6, 6.07) is 7.03. The molecule has 1 heterocycles. The van der Waals surface area contributed by atoms with E-state index in [0.29, 0.717) is 12.2 Å². The molecule has 7 nitrogen and oxygen atoms in total. The minimum atomic E-state index is -4.70. The van der Waals surface area contributed by atoms with E-state index >= 15 is 0 Å². The van der Waals surface area contributed by atoms with Crippen molar-refractivity contribution in [2.45, 2.75) is 38.6 Å². The average molecular weight is 453 g/mol. The van der Waals surface area contributed by atoms with Gasteiger partial charge in [-0.1, -0.05) is 12.1 Å². The highest BCUT2D eigenvalue weighted by molar-refractivity contribution is 5.85. The number of halogens is 4. The number of hydrogen-bond donors (Lipinski definition) is 2. The number of rotatable bonds is 9. The Morgan fingerprint density at radius 3 is 2.47 bits per heavy atom. The molecule has 2 aromatic rings. The van der Waals surface area contributed by atoms with Crippen LogP contribution in [0.5, 0.6) is 5.75 Å². The quantitative estimate of drug-likeness (QED) is 0.564. The first-order valence-electron chi connectivity index (χ1n) is 8.84.